The first-order valence-corrected chi connectivity index (χ1v) is 10.7. The van der Waals surface area contributed by atoms with Crippen molar-refractivity contribution >= 4 is 28.9 Å². The zero-order valence-corrected chi connectivity index (χ0v) is 17.9. The minimum absolute atomic E-state index is 0.0235. The predicted molar refractivity (Wildman–Crippen MR) is 120 cm³/mol. The van der Waals surface area contributed by atoms with E-state index in [1.165, 1.54) is 12.5 Å². The maximum Gasteiger partial charge on any atom is 0.269 e. The van der Waals surface area contributed by atoms with E-state index in [4.69, 9.17) is 11.6 Å². The second kappa shape index (κ2) is 8.47. The molecule has 2 amide bonds. The molecule has 2 unspecified atom stereocenters. The molecular formula is C23H21ClN6O2. The van der Waals surface area contributed by atoms with Crippen LogP contribution in [0.1, 0.15) is 38.7 Å². The monoisotopic (exact) mass is 448 g/mol. The highest BCUT2D eigenvalue weighted by Gasteiger charge is 2.34. The summed E-state index contributed by atoms with van der Waals surface area (Å²) < 4.78 is 1.82. The number of hydrogen-bond donors (Lipinski definition) is 2. The van der Waals surface area contributed by atoms with E-state index in [9.17, 15) is 9.59 Å². The molecule has 162 valence electrons. The fraction of sp³-hybridized carbons (Fsp3) is 0.217. The van der Waals surface area contributed by atoms with Gasteiger partial charge in [-0.2, -0.15) is 0 Å². The topological polar surface area (TPSA) is 95.4 Å². The van der Waals surface area contributed by atoms with Gasteiger partial charge in [0.1, 0.15) is 5.69 Å². The van der Waals surface area contributed by atoms with E-state index in [1.54, 1.807) is 23.5 Å². The number of aromatic nitrogens is 4. The van der Waals surface area contributed by atoms with Crippen LogP contribution in [0, 0.1) is 0 Å². The van der Waals surface area contributed by atoms with Crippen molar-refractivity contribution in [1.82, 2.24) is 29.6 Å². The molecule has 3 aromatic heterocycles. The number of fused-ring (bicyclic) bond motifs is 1. The molecule has 4 heterocycles. The van der Waals surface area contributed by atoms with Gasteiger partial charge in [0.15, 0.2) is 0 Å². The number of nitrogens with zero attached hydrogens (tertiary/aromatic N) is 4. The van der Waals surface area contributed by atoms with Gasteiger partial charge in [0.2, 0.25) is 0 Å². The number of imidazole rings is 2. The second-order valence-electron chi connectivity index (χ2n) is 7.85. The minimum atomic E-state index is -0.286. The number of carbonyl (C=O) groups excluding carboxylic acids is 2. The molecule has 0 bridgehead atoms. The zero-order chi connectivity index (χ0) is 22.1. The lowest BCUT2D eigenvalue weighted by Crippen LogP contribution is -2.53. The molecule has 4 aromatic rings. The van der Waals surface area contributed by atoms with E-state index >= 15 is 0 Å². The van der Waals surface area contributed by atoms with Gasteiger partial charge in [-0.3, -0.25) is 9.59 Å². The molecule has 0 saturated carbocycles. The summed E-state index contributed by atoms with van der Waals surface area (Å²) in [6, 6.07) is 11.0. The summed E-state index contributed by atoms with van der Waals surface area (Å²) >= 11 is 6.23. The van der Waals surface area contributed by atoms with Crippen molar-refractivity contribution in [2.75, 3.05) is 13.1 Å². The molecule has 1 aromatic carbocycles. The van der Waals surface area contributed by atoms with E-state index in [0.29, 0.717) is 35.8 Å². The van der Waals surface area contributed by atoms with Crippen molar-refractivity contribution in [3.05, 3.63) is 89.5 Å². The van der Waals surface area contributed by atoms with Gasteiger partial charge >= 0.3 is 0 Å². The maximum atomic E-state index is 13.4. The quantitative estimate of drug-likeness (QED) is 0.501. The normalized spacial score (nSPS) is 18.6. The molecule has 2 N–H and O–H groups in total. The van der Waals surface area contributed by atoms with Crippen LogP contribution in [0.5, 0.6) is 0 Å². The first-order valence-electron chi connectivity index (χ1n) is 10.3. The third-order valence-corrected chi connectivity index (χ3v) is 6.15. The zero-order valence-electron chi connectivity index (χ0n) is 17.1. The highest BCUT2D eigenvalue weighted by molar-refractivity contribution is 6.30. The molecule has 1 saturated heterocycles. The van der Waals surface area contributed by atoms with Gasteiger partial charge in [0.25, 0.3) is 11.8 Å². The molecular weight excluding hydrogens is 428 g/mol. The smallest absolute Gasteiger partial charge is 0.269 e. The molecule has 8 nitrogen and oxygen atoms in total. The molecule has 0 radical (unpaired) electrons. The van der Waals surface area contributed by atoms with Crippen LogP contribution in [-0.2, 0) is 0 Å². The SMILES string of the molecule is O=C(NC1CN(C(=O)c2cccn3cncc23)CCC1c1cccc(Cl)c1)c1cnc[nH]1. The number of aromatic amines is 1. The number of nitrogens with one attached hydrogen (secondary N) is 2. The summed E-state index contributed by atoms with van der Waals surface area (Å²) in [4.78, 5) is 38.9. The lowest BCUT2D eigenvalue weighted by atomic mass is 9.85. The Hall–Kier alpha value is -3.65. The average Bonchev–Trinajstić information content (AvgIpc) is 3.50. The Morgan fingerprint density at radius 1 is 1.16 bits per heavy atom. The van der Waals surface area contributed by atoms with Crippen LogP contribution in [0.25, 0.3) is 5.52 Å². The molecule has 2 atom stereocenters. The Balaban J connectivity index is 1.43. The minimum Gasteiger partial charge on any atom is -0.346 e. The number of amides is 2. The fourth-order valence-electron chi connectivity index (χ4n) is 4.35. The number of halogens is 1. The van der Waals surface area contributed by atoms with Crippen molar-refractivity contribution in [3.63, 3.8) is 0 Å². The van der Waals surface area contributed by atoms with Crippen LogP contribution in [0.4, 0.5) is 0 Å². The number of pyridine rings is 1. The van der Waals surface area contributed by atoms with E-state index in [1.807, 2.05) is 40.9 Å². The van der Waals surface area contributed by atoms with Gasteiger partial charge in [-0.05, 0) is 36.2 Å². The maximum absolute atomic E-state index is 13.4. The van der Waals surface area contributed by atoms with Crippen LogP contribution in [-0.4, -0.2) is 55.2 Å². The lowest BCUT2D eigenvalue weighted by molar-refractivity contribution is 0.0656. The number of piperidine rings is 1. The molecule has 32 heavy (non-hydrogen) atoms. The van der Waals surface area contributed by atoms with Crippen LogP contribution in [0.2, 0.25) is 5.02 Å². The van der Waals surface area contributed by atoms with E-state index in [-0.39, 0.29) is 23.8 Å². The van der Waals surface area contributed by atoms with Crippen LogP contribution < -0.4 is 5.32 Å². The highest BCUT2D eigenvalue weighted by atomic mass is 35.5. The van der Waals surface area contributed by atoms with Crippen molar-refractivity contribution in [1.29, 1.82) is 0 Å². The fourth-order valence-corrected chi connectivity index (χ4v) is 4.54. The third kappa shape index (κ3) is 3.85. The first-order chi connectivity index (χ1) is 15.6. The van der Waals surface area contributed by atoms with E-state index in [2.05, 4.69) is 20.3 Å². The van der Waals surface area contributed by atoms with Crippen LogP contribution in [0.3, 0.4) is 0 Å². The second-order valence-corrected chi connectivity index (χ2v) is 8.29. The summed E-state index contributed by atoms with van der Waals surface area (Å²) in [7, 11) is 0. The molecule has 0 spiro atoms. The number of hydrogen-bond acceptors (Lipinski definition) is 4. The third-order valence-electron chi connectivity index (χ3n) is 5.92. The Morgan fingerprint density at radius 2 is 2.06 bits per heavy atom. The molecule has 5 rings (SSSR count). The van der Waals surface area contributed by atoms with Crippen molar-refractivity contribution < 1.29 is 9.59 Å². The summed E-state index contributed by atoms with van der Waals surface area (Å²) in [5, 5.41) is 3.74. The largest absolute Gasteiger partial charge is 0.346 e. The first kappa shape index (κ1) is 20.3. The number of rotatable bonds is 4. The van der Waals surface area contributed by atoms with Crippen molar-refractivity contribution in [2.24, 2.45) is 0 Å². The Bertz CT molecular complexity index is 1270. The number of H-pyrrole nitrogens is 1. The van der Waals surface area contributed by atoms with Gasteiger partial charge in [-0.15, -0.1) is 0 Å². The highest BCUT2D eigenvalue weighted by Crippen LogP contribution is 2.31. The predicted octanol–water partition coefficient (Wildman–Crippen LogP) is 3.14. The standard InChI is InChI=1S/C23H21ClN6O2/c24-16-4-1-3-15(9-16)17-6-8-29(12-20(17)28-22(31)19-10-25-13-27-19)23(32)18-5-2-7-30-14-26-11-21(18)30/h1-5,7,9-11,13-14,17,20H,6,8,12H2,(H,25,27)(H,28,31). The van der Waals surface area contributed by atoms with E-state index < -0.39 is 0 Å². The van der Waals surface area contributed by atoms with Crippen LogP contribution in [0.15, 0.2) is 67.6 Å². The number of benzene rings is 1. The molecule has 1 fully saturated rings. The van der Waals surface area contributed by atoms with Crippen molar-refractivity contribution in [3.8, 4) is 0 Å². The Labute approximate surface area is 189 Å². The molecule has 1 aliphatic heterocycles. The van der Waals surface area contributed by atoms with Crippen molar-refractivity contribution in [2.45, 2.75) is 18.4 Å². The number of likely N-dealkylation sites (tertiary alicyclic amines) is 1. The average molecular weight is 449 g/mol. The Morgan fingerprint density at radius 3 is 2.88 bits per heavy atom. The molecule has 1 aliphatic rings. The Kier molecular flexibility index (Phi) is 5.36. The van der Waals surface area contributed by atoms with E-state index in [0.717, 1.165) is 11.1 Å². The number of carbonyl (C=O) groups is 2. The van der Waals surface area contributed by atoms with Gasteiger partial charge in [0, 0.05) is 30.2 Å². The molecule has 0 aliphatic carbocycles. The summed E-state index contributed by atoms with van der Waals surface area (Å²) in [5.41, 5.74) is 2.76. The summed E-state index contributed by atoms with van der Waals surface area (Å²) in [6.07, 6.45) is 8.86. The van der Waals surface area contributed by atoms with Gasteiger partial charge in [0.05, 0.1) is 42.2 Å². The lowest BCUT2D eigenvalue weighted by Gasteiger charge is -2.39. The summed E-state index contributed by atoms with van der Waals surface area (Å²) in [5.74, 6) is -0.316. The van der Waals surface area contributed by atoms with Gasteiger partial charge in [-0.1, -0.05) is 23.7 Å². The summed E-state index contributed by atoms with van der Waals surface area (Å²) in [6.45, 7) is 0.951. The van der Waals surface area contributed by atoms with Gasteiger partial charge < -0.3 is 19.6 Å². The van der Waals surface area contributed by atoms with Gasteiger partial charge in [-0.25, -0.2) is 9.97 Å². The molecule has 9 heteroatoms. The van der Waals surface area contributed by atoms with Crippen LogP contribution >= 0.6 is 11.6 Å².